The number of aromatic amines is 1. The second-order valence-electron chi connectivity index (χ2n) is 4.05. The van der Waals surface area contributed by atoms with Crippen molar-refractivity contribution in [3.63, 3.8) is 0 Å². The van der Waals surface area contributed by atoms with Gasteiger partial charge in [0.2, 0.25) is 0 Å². The molecule has 1 fully saturated rings. The number of benzene rings is 1. The minimum Gasteiger partial charge on any atom is -0.398 e. The zero-order valence-corrected chi connectivity index (χ0v) is 9.33. The van der Waals surface area contributed by atoms with Crippen molar-refractivity contribution < 1.29 is 0 Å². The van der Waals surface area contributed by atoms with Gasteiger partial charge in [0, 0.05) is 22.2 Å². The van der Waals surface area contributed by atoms with E-state index in [2.05, 4.69) is 15.2 Å². The number of nitrogens with zero attached hydrogens (tertiary/aromatic N) is 2. The molecule has 1 heterocycles. The Morgan fingerprint density at radius 3 is 2.88 bits per heavy atom. The van der Waals surface area contributed by atoms with Crippen LogP contribution in [0.5, 0.6) is 0 Å². The average molecular weight is 235 g/mol. The molecule has 2 aromatic rings. The summed E-state index contributed by atoms with van der Waals surface area (Å²) < 4.78 is 0. The molecule has 0 unspecified atom stereocenters. The third-order valence-electron chi connectivity index (χ3n) is 2.72. The Morgan fingerprint density at radius 1 is 1.38 bits per heavy atom. The van der Waals surface area contributed by atoms with Crippen LogP contribution in [0.15, 0.2) is 18.2 Å². The molecule has 0 saturated heterocycles. The van der Waals surface area contributed by atoms with Crippen LogP contribution in [0.4, 0.5) is 5.69 Å². The first-order valence-electron chi connectivity index (χ1n) is 5.22. The summed E-state index contributed by atoms with van der Waals surface area (Å²) in [4.78, 5) is 4.44. The van der Waals surface area contributed by atoms with Gasteiger partial charge in [0.15, 0.2) is 5.82 Å². The molecule has 4 nitrogen and oxygen atoms in total. The fourth-order valence-electron chi connectivity index (χ4n) is 1.67. The van der Waals surface area contributed by atoms with Crippen LogP contribution in [0.1, 0.15) is 24.6 Å². The summed E-state index contributed by atoms with van der Waals surface area (Å²) in [6.07, 6.45) is 2.40. The van der Waals surface area contributed by atoms with Crippen molar-refractivity contribution in [1.29, 1.82) is 0 Å². The summed E-state index contributed by atoms with van der Waals surface area (Å²) in [5.74, 6) is 2.18. The second-order valence-corrected chi connectivity index (χ2v) is 4.49. The smallest absolute Gasteiger partial charge is 0.183 e. The van der Waals surface area contributed by atoms with Gasteiger partial charge in [0.05, 0.1) is 0 Å². The first-order valence-corrected chi connectivity index (χ1v) is 5.59. The summed E-state index contributed by atoms with van der Waals surface area (Å²) in [7, 11) is 0. The van der Waals surface area contributed by atoms with Gasteiger partial charge in [-0.1, -0.05) is 11.6 Å². The van der Waals surface area contributed by atoms with Gasteiger partial charge in [-0.2, -0.15) is 5.10 Å². The highest BCUT2D eigenvalue weighted by atomic mass is 35.5. The molecule has 3 rings (SSSR count). The lowest BCUT2D eigenvalue weighted by Crippen LogP contribution is -1.91. The van der Waals surface area contributed by atoms with Crippen LogP contribution in [0.2, 0.25) is 5.02 Å². The first kappa shape index (κ1) is 9.66. The third kappa shape index (κ3) is 1.65. The number of anilines is 1. The molecule has 0 aliphatic heterocycles. The van der Waals surface area contributed by atoms with Crippen LogP contribution >= 0.6 is 11.6 Å². The number of rotatable bonds is 2. The number of H-pyrrole nitrogens is 1. The summed E-state index contributed by atoms with van der Waals surface area (Å²) >= 11 is 5.84. The number of nitrogens with two attached hydrogens (primary N) is 1. The Kier molecular flexibility index (Phi) is 2.11. The zero-order chi connectivity index (χ0) is 11.1. The minimum atomic E-state index is 0.565. The van der Waals surface area contributed by atoms with E-state index in [9.17, 15) is 0 Å². The van der Waals surface area contributed by atoms with Crippen molar-refractivity contribution in [2.24, 2.45) is 0 Å². The van der Waals surface area contributed by atoms with Gasteiger partial charge in [0.25, 0.3) is 0 Å². The van der Waals surface area contributed by atoms with E-state index < -0.39 is 0 Å². The van der Waals surface area contributed by atoms with Gasteiger partial charge in [0.1, 0.15) is 5.82 Å². The van der Waals surface area contributed by atoms with Crippen molar-refractivity contribution in [3.8, 4) is 11.4 Å². The van der Waals surface area contributed by atoms with Crippen molar-refractivity contribution in [3.05, 3.63) is 29.0 Å². The maximum atomic E-state index is 5.88. The molecule has 82 valence electrons. The largest absolute Gasteiger partial charge is 0.398 e. The Hall–Kier alpha value is -1.55. The molecular formula is C11H11ClN4. The molecular weight excluding hydrogens is 224 g/mol. The highest BCUT2D eigenvalue weighted by Gasteiger charge is 2.27. The molecule has 0 bridgehead atoms. The van der Waals surface area contributed by atoms with Gasteiger partial charge < -0.3 is 5.73 Å². The van der Waals surface area contributed by atoms with E-state index in [4.69, 9.17) is 17.3 Å². The third-order valence-corrected chi connectivity index (χ3v) is 2.96. The second kappa shape index (κ2) is 3.49. The standard InChI is InChI=1S/C11H11ClN4/c12-7-3-4-8(9(13)5-7)11-14-10(15-16-11)6-1-2-6/h3-6H,1-2,13H2,(H,14,15,16). The van der Waals surface area contributed by atoms with Crippen LogP contribution in [0.25, 0.3) is 11.4 Å². The van der Waals surface area contributed by atoms with E-state index in [1.165, 1.54) is 12.8 Å². The lowest BCUT2D eigenvalue weighted by atomic mass is 10.2. The molecule has 1 aromatic heterocycles. The number of halogens is 1. The normalized spacial score (nSPS) is 15.3. The maximum absolute atomic E-state index is 5.88. The van der Waals surface area contributed by atoms with E-state index >= 15 is 0 Å². The highest BCUT2D eigenvalue weighted by molar-refractivity contribution is 6.31. The van der Waals surface area contributed by atoms with Crippen LogP contribution in [0, 0.1) is 0 Å². The van der Waals surface area contributed by atoms with Crippen molar-refractivity contribution in [1.82, 2.24) is 15.2 Å². The zero-order valence-electron chi connectivity index (χ0n) is 8.57. The molecule has 1 aliphatic carbocycles. The Morgan fingerprint density at radius 2 is 2.19 bits per heavy atom. The molecule has 0 spiro atoms. The number of aromatic nitrogens is 3. The lowest BCUT2D eigenvalue weighted by Gasteiger charge is -2.00. The number of hydrogen-bond acceptors (Lipinski definition) is 3. The van der Waals surface area contributed by atoms with Crippen LogP contribution in [-0.2, 0) is 0 Å². The minimum absolute atomic E-state index is 0.565. The molecule has 0 atom stereocenters. The molecule has 0 amide bonds. The van der Waals surface area contributed by atoms with Crippen LogP contribution in [0.3, 0.4) is 0 Å². The molecule has 1 aliphatic rings. The quantitative estimate of drug-likeness (QED) is 0.785. The monoisotopic (exact) mass is 234 g/mol. The average Bonchev–Trinajstić information content (AvgIpc) is 2.98. The van der Waals surface area contributed by atoms with Gasteiger partial charge in [-0.15, -0.1) is 0 Å². The van der Waals surface area contributed by atoms with Gasteiger partial charge in [-0.05, 0) is 31.0 Å². The maximum Gasteiger partial charge on any atom is 0.183 e. The summed E-state index contributed by atoms with van der Waals surface area (Å²) in [6, 6.07) is 5.35. The number of nitrogens with one attached hydrogen (secondary N) is 1. The van der Waals surface area contributed by atoms with Crippen molar-refractivity contribution >= 4 is 17.3 Å². The predicted octanol–water partition coefficient (Wildman–Crippen LogP) is 2.58. The molecule has 0 radical (unpaired) electrons. The Balaban J connectivity index is 2.00. The van der Waals surface area contributed by atoms with Crippen LogP contribution in [-0.4, -0.2) is 15.2 Å². The first-order chi connectivity index (χ1) is 7.74. The Bertz CT molecular complexity index is 531. The fraction of sp³-hybridized carbons (Fsp3) is 0.273. The molecule has 16 heavy (non-hydrogen) atoms. The van der Waals surface area contributed by atoms with Crippen molar-refractivity contribution in [2.75, 3.05) is 5.73 Å². The highest BCUT2D eigenvalue weighted by Crippen LogP contribution is 2.38. The number of hydrogen-bond donors (Lipinski definition) is 2. The van der Waals surface area contributed by atoms with Crippen LogP contribution < -0.4 is 5.73 Å². The fourth-order valence-corrected chi connectivity index (χ4v) is 1.85. The van der Waals surface area contributed by atoms with Crippen molar-refractivity contribution in [2.45, 2.75) is 18.8 Å². The molecule has 3 N–H and O–H groups in total. The predicted molar refractivity (Wildman–Crippen MR) is 63.2 cm³/mol. The van der Waals surface area contributed by atoms with E-state index in [-0.39, 0.29) is 0 Å². The molecule has 5 heteroatoms. The SMILES string of the molecule is Nc1cc(Cl)ccc1-c1n[nH]c(C2CC2)n1. The Labute approximate surface area is 97.8 Å². The van der Waals surface area contributed by atoms with Gasteiger partial charge >= 0.3 is 0 Å². The summed E-state index contributed by atoms with van der Waals surface area (Å²) in [5, 5.41) is 7.76. The molecule has 1 aromatic carbocycles. The van der Waals surface area contributed by atoms with E-state index in [1.54, 1.807) is 12.1 Å². The summed E-state index contributed by atoms with van der Waals surface area (Å²) in [5.41, 5.74) is 7.31. The van der Waals surface area contributed by atoms with Gasteiger partial charge in [-0.25, -0.2) is 4.98 Å². The molecule has 1 saturated carbocycles. The van der Waals surface area contributed by atoms with E-state index in [1.807, 2.05) is 6.07 Å². The topological polar surface area (TPSA) is 67.6 Å². The van der Waals surface area contributed by atoms with E-state index in [0.717, 1.165) is 11.4 Å². The van der Waals surface area contributed by atoms with Gasteiger partial charge in [-0.3, -0.25) is 5.10 Å². The summed E-state index contributed by atoms with van der Waals surface area (Å²) in [6.45, 7) is 0. The number of nitrogen functional groups attached to an aromatic ring is 1. The lowest BCUT2D eigenvalue weighted by molar-refractivity contribution is 0.935. The van der Waals surface area contributed by atoms with E-state index in [0.29, 0.717) is 22.5 Å².